The standard InChI is InChI=1S/C50H72N14O11/c1-4-5-13-34(43(68)61-37(24-31-26-55-27-57-31)48(73)64-21-10-15-39(64)46(71)62-38(49(74)75)23-29-11-7-6-8-12-29)59-45(70)36(22-30-16-18-32(65)19-17-30)60-47(72)41(28(2)3)63-44(69)35(14-9-20-56-50(53)54)58-42(67)33(51)25-40(52)66/h6-8,11-12,16-19,26-28,33-39,41,65H,4-5,9-10,13-15,20-25,51H2,1-3H3,(H2,52,66)(H,55,57)(H,58,67)(H,59,70)(H,60,72)(H,61,68)(H,62,71)(H,63,69)(H,74,75)(H4,53,54,56)/t33-,34-,35-,36-,37-,38-,39-,41-/m0/s1. The van der Waals surface area contributed by atoms with E-state index in [-0.39, 0.29) is 69.7 Å². The first-order valence-electron chi connectivity index (χ1n) is 24.9. The summed E-state index contributed by atoms with van der Waals surface area (Å²) in [5.41, 5.74) is 23.6. The molecule has 1 aliphatic rings. The lowest BCUT2D eigenvalue weighted by molar-refractivity contribution is -0.145. The molecular formula is C50H72N14O11. The number of nitrogens with two attached hydrogens (primary N) is 4. The number of carboxylic acids is 1. The number of rotatable bonds is 30. The number of nitrogens with one attached hydrogen (secondary N) is 7. The van der Waals surface area contributed by atoms with E-state index in [0.29, 0.717) is 36.1 Å². The summed E-state index contributed by atoms with van der Waals surface area (Å²) < 4.78 is 0. The quantitative estimate of drug-likeness (QED) is 0.0200. The number of hydrogen-bond acceptors (Lipinski definition) is 13. The van der Waals surface area contributed by atoms with Crippen LogP contribution in [0.2, 0.25) is 0 Å². The summed E-state index contributed by atoms with van der Waals surface area (Å²) in [6.07, 6.45) is 4.04. The fourth-order valence-corrected chi connectivity index (χ4v) is 8.35. The average Bonchev–Trinajstić information content (AvgIpc) is 4.08. The predicted octanol–water partition coefficient (Wildman–Crippen LogP) is -1.77. The first kappa shape index (κ1) is 59.5. The van der Waals surface area contributed by atoms with Gasteiger partial charge in [0.15, 0.2) is 5.96 Å². The van der Waals surface area contributed by atoms with Crippen LogP contribution < -0.4 is 54.8 Å². The number of aromatic amines is 1. The van der Waals surface area contributed by atoms with Crippen LogP contribution in [0.3, 0.4) is 0 Å². The van der Waals surface area contributed by atoms with Crippen LogP contribution in [0, 0.1) is 5.92 Å². The fourth-order valence-electron chi connectivity index (χ4n) is 8.35. The zero-order valence-electron chi connectivity index (χ0n) is 42.5. The van der Waals surface area contributed by atoms with Crippen molar-refractivity contribution in [2.24, 2.45) is 33.8 Å². The van der Waals surface area contributed by atoms with E-state index in [1.165, 1.54) is 41.7 Å². The van der Waals surface area contributed by atoms with Crippen molar-refractivity contribution in [1.29, 1.82) is 0 Å². The van der Waals surface area contributed by atoms with Crippen molar-refractivity contribution in [3.05, 3.63) is 83.9 Å². The number of likely N-dealkylation sites (tertiary alicyclic amines) is 1. The number of carbonyl (C=O) groups excluding carboxylic acids is 8. The molecular weight excluding hydrogens is 973 g/mol. The normalized spacial score (nSPS) is 15.9. The van der Waals surface area contributed by atoms with E-state index in [0.717, 1.165) is 0 Å². The van der Waals surface area contributed by atoms with Crippen LogP contribution in [-0.4, -0.2) is 146 Å². The van der Waals surface area contributed by atoms with Crippen molar-refractivity contribution >= 4 is 59.2 Å². The Hall–Kier alpha value is -8.09. The van der Waals surface area contributed by atoms with Gasteiger partial charge >= 0.3 is 5.97 Å². The number of benzene rings is 2. The SMILES string of the molecule is CCCC[C@H](NC(=O)[C@H](Cc1ccc(O)cc1)NC(=O)[C@@H](NC(=O)[C@H](CCCN=C(N)N)NC(=O)[C@@H](N)CC(N)=O)C(C)C)C(=O)N[C@@H](Cc1cnc[nH]1)C(=O)N1CCC[C@H]1C(=O)N[C@@H](Cc1ccccc1)C(=O)O. The van der Waals surface area contributed by atoms with Crippen LogP contribution in [0.1, 0.15) is 89.0 Å². The number of aromatic hydroxyl groups is 1. The summed E-state index contributed by atoms with van der Waals surface area (Å²) in [6, 6.07) is 4.31. The highest BCUT2D eigenvalue weighted by Crippen LogP contribution is 2.21. The van der Waals surface area contributed by atoms with Crippen LogP contribution in [0.15, 0.2) is 72.1 Å². The monoisotopic (exact) mass is 1040 g/mol. The number of nitrogens with zero attached hydrogens (tertiary/aromatic N) is 3. The highest BCUT2D eigenvalue weighted by atomic mass is 16.4. The Balaban J connectivity index is 1.58. The maximum Gasteiger partial charge on any atom is 0.326 e. The van der Waals surface area contributed by atoms with Crippen LogP contribution in [0.4, 0.5) is 0 Å². The van der Waals surface area contributed by atoms with E-state index in [2.05, 4.69) is 46.9 Å². The molecule has 408 valence electrons. The van der Waals surface area contributed by atoms with Crippen molar-refractivity contribution in [3.8, 4) is 5.75 Å². The maximum absolute atomic E-state index is 14.5. The highest BCUT2D eigenvalue weighted by molar-refractivity contribution is 5.98. The number of carbonyl (C=O) groups is 9. The van der Waals surface area contributed by atoms with Crippen molar-refractivity contribution < 1.29 is 53.4 Å². The molecule has 17 N–H and O–H groups in total. The number of phenols is 1. The van der Waals surface area contributed by atoms with E-state index in [1.54, 1.807) is 44.2 Å². The molecule has 0 bridgehead atoms. The molecule has 4 rings (SSSR count). The van der Waals surface area contributed by atoms with Gasteiger partial charge in [0, 0.05) is 44.2 Å². The Morgan fingerprint density at radius 3 is 1.92 bits per heavy atom. The summed E-state index contributed by atoms with van der Waals surface area (Å²) in [5.74, 6) is -8.33. The minimum atomic E-state index is -1.40. The molecule has 2 aromatic carbocycles. The Morgan fingerprint density at radius 2 is 1.32 bits per heavy atom. The van der Waals surface area contributed by atoms with Gasteiger partial charge < -0.3 is 74.9 Å². The van der Waals surface area contributed by atoms with Gasteiger partial charge in [-0.25, -0.2) is 9.78 Å². The lowest BCUT2D eigenvalue weighted by Crippen LogP contribution is -2.61. The fraction of sp³-hybridized carbons (Fsp3) is 0.500. The second kappa shape index (κ2) is 29.6. The third kappa shape index (κ3) is 19.4. The molecule has 2 heterocycles. The highest BCUT2D eigenvalue weighted by Gasteiger charge is 2.40. The minimum Gasteiger partial charge on any atom is -0.508 e. The van der Waals surface area contributed by atoms with E-state index in [4.69, 9.17) is 22.9 Å². The van der Waals surface area contributed by atoms with E-state index >= 15 is 0 Å². The van der Waals surface area contributed by atoms with Crippen LogP contribution in [-0.2, 0) is 62.4 Å². The third-order valence-electron chi connectivity index (χ3n) is 12.4. The summed E-state index contributed by atoms with van der Waals surface area (Å²) in [6.45, 7) is 5.36. The van der Waals surface area contributed by atoms with Gasteiger partial charge in [0.25, 0.3) is 0 Å². The average molecular weight is 1050 g/mol. The molecule has 8 amide bonds. The summed E-state index contributed by atoms with van der Waals surface area (Å²) in [5, 5.41) is 36.0. The number of phenolic OH excluding ortho intramolecular Hbond substituents is 1. The molecule has 1 fully saturated rings. The molecule has 0 aliphatic carbocycles. The molecule has 1 aromatic heterocycles. The molecule has 1 aliphatic heterocycles. The van der Waals surface area contributed by atoms with Gasteiger partial charge in [-0.1, -0.05) is 76.1 Å². The van der Waals surface area contributed by atoms with Crippen molar-refractivity contribution in [2.45, 2.75) is 140 Å². The number of carboxylic acid groups (broad SMARTS) is 1. The van der Waals surface area contributed by atoms with Crippen LogP contribution in [0.25, 0.3) is 0 Å². The molecule has 0 spiro atoms. The van der Waals surface area contributed by atoms with E-state index < -0.39 is 114 Å². The van der Waals surface area contributed by atoms with Crippen molar-refractivity contribution in [1.82, 2.24) is 46.8 Å². The zero-order chi connectivity index (χ0) is 55.2. The molecule has 1 saturated heterocycles. The number of hydrogen-bond donors (Lipinski definition) is 13. The number of guanidine groups is 1. The maximum atomic E-state index is 14.5. The number of aliphatic carboxylic acids is 1. The molecule has 25 nitrogen and oxygen atoms in total. The van der Waals surface area contributed by atoms with Gasteiger partial charge in [0.1, 0.15) is 48.0 Å². The van der Waals surface area contributed by atoms with Gasteiger partial charge in [-0.05, 0) is 61.3 Å². The van der Waals surface area contributed by atoms with Gasteiger partial charge in [-0.3, -0.25) is 43.3 Å². The lowest BCUT2D eigenvalue weighted by atomic mass is 9.99. The molecule has 25 heteroatoms. The van der Waals surface area contributed by atoms with Crippen LogP contribution >= 0.6 is 0 Å². The Kier molecular flexibility index (Phi) is 23.4. The summed E-state index contributed by atoms with van der Waals surface area (Å²) >= 11 is 0. The molecule has 3 aromatic rings. The Morgan fingerprint density at radius 1 is 0.733 bits per heavy atom. The number of amides is 8. The number of aromatic nitrogens is 2. The summed E-state index contributed by atoms with van der Waals surface area (Å²) in [7, 11) is 0. The largest absolute Gasteiger partial charge is 0.508 e. The predicted molar refractivity (Wildman–Crippen MR) is 274 cm³/mol. The van der Waals surface area contributed by atoms with Gasteiger partial charge in [0.2, 0.25) is 47.3 Å². The third-order valence-corrected chi connectivity index (χ3v) is 12.4. The second-order valence-corrected chi connectivity index (χ2v) is 18.8. The first-order valence-corrected chi connectivity index (χ1v) is 24.9. The van der Waals surface area contributed by atoms with Crippen molar-refractivity contribution in [3.63, 3.8) is 0 Å². The van der Waals surface area contributed by atoms with E-state index in [1.807, 2.05) is 6.92 Å². The zero-order valence-corrected chi connectivity index (χ0v) is 42.5. The minimum absolute atomic E-state index is 0.00298. The smallest absolute Gasteiger partial charge is 0.326 e. The van der Waals surface area contributed by atoms with E-state index in [9.17, 15) is 53.4 Å². The first-order chi connectivity index (χ1) is 35.7. The number of imidazole rings is 1. The van der Waals surface area contributed by atoms with Gasteiger partial charge in [0.05, 0.1) is 18.8 Å². The number of H-pyrrole nitrogens is 1. The second-order valence-electron chi connectivity index (χ2n) is 18.8. The molecule has 8 atom stereocenters. The summed E-state index contributed by atoms with van der Waals surface area (Å²) in [4.78, 5) is 134. The molecule has 0 radical (unpaired) electrons. The Labute approximate surface area is 434 Å². The van der Waals surface area contributed by atoms with Gasteiger partial charge in [-0.15, -0.1) is 0 Å². The lowest BCUT2D eigenvalue weighted by Gasteiger charge is -2.31. The number of unbranched alkanes of at least 4 members (excludes halogenated alkanes) is 1. The van der Waals surface area contributed by atoms with Crippen molar-refractivity contribution in [2.75, 3.05) is 13.1 Å². The number of aliphatic imine (C=N–C) groups is 1. The topological polar surface area (TPSA) is 415 Å². The molecule has 0 saturated carbocycles. The number of primary amides is 1. The Bertz CT molecular complexity index is 2440. The van der Waals surface area contributed by atoms with Gasteiger partial charge in [-0.2, -0.15) is 0 Å². The van der Waals surface area contributed by atoms with Crippen LogP contribution in [0.5, 0.6) is 5.75 Å². The molecule has 75 heavy (non-hydrogen) atoms. The molecule has 0 unspecified atom stereocenters.